The van der Waals surface area contributed by atoms with Crippen molar-refractivity contribution in [2.45, 2.75) is 63.2 Å². The van der Waals surface area contributed by atoms with Gasteiger partial charge >= 0.3 is 11.9 Å². The molecule has 0 aromatic heterocycles. The van der Waals surface area contributed by atoms with Crippen LogP contribution in [-0.4, -0.2) is 38.4 Å². The van der Waals surface area contributed by atoms with Gasteiger partial charge in [0.05, 0.1) is 26.4 Å². The Hall–Kier alpha value is -4.22. The highest BCUT2D eigenvalue weighted by Gasteiger charge is 2.56. The summed E-state index contributed by atoms with van der Waals surface area (Å²) in [6, 6.07) is 34.8. The van der Waals surface area contributed by atoms with E-state index in [4.69, 9.17) is 14.2 Å². The highest BCUT2D eigenvalue weighted by Crippen LogP contribution is 2.62. The van der Waals surface area contributed by atoms with Crippen molar-refractivity contribution < 1.29 is 23.8 Å². The molecule has 46 heavy (non-hydrogen) atoms. The average Bonchev–Trinajstić information content (AvgIpc) is 3.50. The van der Waals surface area contributed by atoms with E-state index in [2.05, 4.69) is 97.1 Å². The molecular weight excluding hydrogens is 572 g/mol. The Morgan fingerprint density at radius 1 is 0.565 bits per heavy atom. The predicted molar refractivity (Wildman–Crippen MR) is 180 cm³/mol. The molecule has 1 heterocycles. The van der Waals surface area contributed by atoms with Gasteiger partial charge in [0.25, 0.3) is 0 Å². The molecular formula is C41H42O5. The molecule has 5 nitrogen and oxygen atoms in total. The van der Waals surface area contributed by atoms with E-state index in [1.165, 1.54) is 44.5 Å². The zero-order chi connectivity index (χ0) is 31.8. The maximum absolute atomic E-state index is 12.9. The number of carbonyl (C=O) groups is 2. The lowest BCUT2D eigenvalue weighted by atomic mass is 9.57. The van der Waals surface area contributed by atoms with Gasteiger partial charge in [0.2, 0.25) is 0 Å². The van der Waals surface area contributed by atoms with Crippen LogP contribution >= 0.6 is 0 Å². The van der Waals surface area contributed by atoms with Crippen LogP contribution in [0.5, 0.6) is 0 Å². The summed E-state index contributed by atoms with van der Waals surface area (Å²) in [4.78, 5) is 25.9. The number of esters is 2. The van der Waals surface area contributed by atoms with E-state index in [0.29, 0.717) is 52.1 Å². The molecule has 5 heteroatoms. The van der Waals surface area contributed by atoms with E-state index in [0.717, 1.165) is 12.8 Å². The fraction of sp³-hybridized carbons (Fsp3) is 0.366. The standard InChI is InChI=1S/C41H42O5/c1-3-45-37(42)21-23-40(33-17-9-5-13-29(33)30-14-6-10-18-34(30)40)25-39(27-44-28-39)26-41(24-22-38(43)46-4-2)35-19-11-7-15-31(35)32-16-8-12-20-36(32)41/h5-20H,3-4,21-28H2,1-2H3. The van der Waals surface area contributed by atoms with E-state index in [1.807, 2.05) is 13.8 Å². The minimum Gasteiger partial charge on any atom is -0.466 e. The number of ether oxygens (including phenoxy) is 3. The molecule has 0 saturated carbocycles. The molecule has 3 aliphatic rings. The maximum Gasteiger partial charge on any atom is 0.305 e. The van der Waals surface area contributed by atoms with Crippen LogP contribution in [0.2, 0.25) is 0 Å². The Kier molecular flexibility index (Phi) is 8.06. The minimum absolute atomic E-state index is 0.160. The van der Waals surface area contributed by atoms with Crippen molar-refractivity contribution >= 4 is 11.9 Å². The summed E-state index contributed by atoms with van der Waals surface area (Å²) < 4.78 is 17.1. The molecule has 0 unspecified atom stereocenters. The van der Waals surface area contributed by atoms with Crippen molar-refractivity contribution in [2.75, 3.05) is 26.4 Å². The van der Waals surface area contributed by atoms with Crippen molar-refractivity contribution in [1.29, 1.82) is 0 Å². The largest absolute Gasteiger partial charge is 0.466 e. The van der Waals surface area contributed by atoms with Gasteiger partial charge in [-0.3, -0.25) is 9.59 Å². The first-order valence-corrected chi connectivity index (χ1v) is 16.7. The third kappa shape index (κ3) is 4.96. The van der Waals surface area contributed by atoms with Gasteiger partial charge in [-0.25, -0.2) is 0 Å². The van der Waals surface area contributed by atoms with Gasteiger partial charge in [0.1, 0.15) is 0 Å². The molecule has 0 radical (unpaired) electrons. The van der Waals surface area contributed by atoms with Gasteiger partial charge in [-0.2, -0.15) is 0 Å². The van der Waals surface area contributed by atoms with Crippen LogP contribution in [0.3, 0.4) is 0 Å². The monoisotopic (exact) mass is 614 g/mol. The van der Waals surface area contributed by atoms with Crippen LogP contribution < -0.4 is 0 Å². The molecule has 4 aromatic carbocycles. The fourth-order valence-corrected chi connectivity index (χ4v) is 8.96. The smallest absolute Gasteiger partial charge is 0.305 e. The number of carbonyl (C=O) groups excluding carboxylic acids is 2. The van der Waals surface area contributed by atoms with E-state index in [1.54, 1.807) is 0 Å². The first kappa shape index (κ1) is 30.4. The van der Waals surface area contributed by atoms with E-state index < -0.39 is 0 Å². The molecule has 1 saturated heterocycles. The third-order valence-electron chi connectivity index (χ3n) is 10.6. The predicted octanol–water partition coefficient (Wildman–Crippen LogP) is 8.40. The van der Waals surface area contributed by atoms with Crippen molar-refractivity contribution in [2.24, 2.45) is 5.41 Å². The molecule has 0 amide bonds. The Morgan fingerprint density at radius 2 is 0.891 bits per heavy atom. The maximum atomic E-state index is 12.9. The number of fused-ring (bicyclic) bond motifs is 6. The summed E-state index contributed by atoms with van der Waals surface area (Å²) >= 11 is 0. The zero-order valence-electron chi connectivity index (χ0n) is 26.8. The Balaban J connectivity index is 1.35. The first-order valence-electron chi connectivity index (χ1n) is 16.7. The Bertz CT molecular complexity index is 1550. The summed E-state index contributed by atoms with van der Waals surface area (Å²) in [5, 5.41) is 0. The average molecular weight is 615 g/mol. The highest BCUT2D eigenvalue weighted by molar-refractivity contribution is 5.83. The summed E-state index contributed by atoms with van der Waals surface area (Å²) in [6.45, 7) is 5.73. The highest BCUT2D eigenvalue weighted by atomic mass is 16.5. The molecule has 4 aromatic rings. The van der Waals surface area contributed by atoms with Gasteiger partial charge in [0.15, 0.2) is 0 Å². The van der Waals surface area contributed by atoms with Crippen LogP contribution in [0.1, 0.15) is 74.6 Å². The second-order valence-electron chi connectivity index (χ2n) is 13.3. The molecule has 2 aliphatic carbocycles. The molecule has 0 N–H and O–H groups in total. The van der Waals surface area contributed by atoms with Crippen molar-refractivity contribution in [3.05, 3.63) is 119 Å². The van der Waals surface area contributed by atoms with Gasteiger partial charge in [0, 0.05) is 29.1 Å². The summed E-state index contributed by atoms with van der Waals surface area (Å²) in [7, 11) is 0. The normalized spacial score (nSPS) is 17.2. The lowest BCUT2D eigenvalue weighted by Gasteiger charge is -2.52. The van der Waals surface area contributed by atoms with Gasteiger partial charge < -0.3 is 14.2 Å². The van der Waals surface area contributed by atoms with Crippen molar-refractivity contribution in [1.82, 2.24) is 0 Å². The number of hydrogen-bond acceptors (Lipinski definition) is 5. The van der Waals surface area contributed by atoms with Crippen molar-refractivity contribution in [3.63, 3.8) is 0 Å². The fourth-order valence-electron chi connectivity index (χ4n) is 8.96. The van der Waals surface area contributed by atoms with Gasteiger partial charge in [-0.05, 0) is 84.0 Å². The van der Waals surface area contributed by atoms with Crippen LogP contribution in [0.15, 0.2) is 97.1 Å². The van der Waals surface area contributed by atoms with Gasteiger partial charge in [-0.1, -0.05) is 97.1 Å². The Labute approximate surface area is 271 Å². The molecule has 0 atom stereocenters. The quantitative estimate of drug-likeness (QED) is 0.150. The molecule has 0 spiro atoms. The molecule has 236 valence electrons. The summed E-state index contributed by atoms with van der Waals surface area (Å²) in [5.41, 5.74) is 9.11. The summed E-state index contributed by atoms with van der Waals surface area (Å²) in [5.74, 6) is -0.320. The second kappa shape index (κ2) is 12.2. The van der Waals surface area contributed by atoms with Crippen LogP contribution in [0.25, 0.3) is 22.3 Å². The number of hydrogen-bond donors (Lipinski definition) is 0. The molecule has 1 fully saturated rings. The van der Waals surface area contributed by atoms with Gasteiger partial charge in [-0.15, -0.1) is 0 Å². The van der Waals surface area contributed by atoms with E-state index >= 15 is 0 Å². The molecule has 0 bridgehead atoms. The minimum atomic E-state index is -0.385. The van der Waals surface area contributed by atoms with E-state index in [-0.39, 0.29) is 28.2 Å². The van der Waals surface area contributed by atoms with Crippen molar-refractivity contribution in [3.8, 4) is 22.3 Å². The van der Waals surface area contributed by atoms with Crippen LogP contribution in [-0.2, 0) is 34.6 Å². The molecule has 7 rings (SSSR count). The second-order valence-corrected chi connectivity index (χ2v) is 13.3. The number of rotatable bonds is 12. The zero-order valence-corrected chi connectivity index (χ0v) is 26.8. The SMILES string of the molecule is CCOC(=O)CCC1(CC2(CC3(CCC(=O)OCC)c4ccccc4-c4ccccc43)COC2)c2ccccc2-c2ccccc21. The Morgan fingerprint density at radius 3 is 1.17 bits per heavy atom. The number of benzene rings is 4. The lowest BCUT2D eigenvalue weighted by molar-refractivity contribution is -0.146. The van der Waals surface area contributed by atoms with E-state index in [9.17, 15) is 9.59 Å². The summed E-state index contributed by atoms with van der Waals surface area (Å²) in [6.07, 6.45) is 3.66. The van der Waals surface area contributed by atoms with Crippen LogP contribution in [0.4, 0.5) is 0 Å². The van der Waals surface area contributed by atoms with Crippen LogP contribution in [0, 0.1) is 5.41 Å². The third-order valence-corrected chi connectivity index (χ3v) is 10.6. The molecule has 1 aliphatic heterocycles. The first-order chi connectivity index (χ1) is 22.5. The topological polar surface area (TPSA) is 61.8 Å². The lowest BCUT2D eigenvalue weighted by Crippen LogP contribution is -2.51.